The summed E-state index contributed by atoms with van der Waals surface area (Å²) in [7, 11) is 0. The van der Waals surface area contributed by atoms with Gasteiger partial charge in [0.15, 0.2) is 17.7 Å². The Hall–Kier alpha value is -1.04. The molecule has 0 aliphatic carbocycles. The van der Waals surface area contributed by atoms with Crippen molar-refractivity contribution in [2.45, 2.75) is 24.5 Å². The van der Waals surface area contributed by atoms with Crippen LogP contribution in [0.4, 0.5) is 5.82 Å². The Morgan fingerprint density at radius 2 is 2.00 bits per heavy atom. The molecule has 3 heterocycles. The number of fused-ring (bicyclic) bond motifs is 1. The predicted octanol–water partition coefficient (Wildman–Crippen LogP) is -2.90. The SMILES string of the molecule is Nc1ncnc2c1ncn2[C@@H]1O[C@H](CO)[C@@H](O)[C@H]1O.[MgH2]. The maximum Gasteiger partial charge on any atom is 0.316 e. The number of rotatable bonds is 2. The van der Waals surface area contributed by atoms with Gasteiger partial charge >= 0.3 is 23.1 Å². The molecule has 2 aromatic heterocycles. The molecule has 0 aromatic carbocycles. The van der Waals surface area contributed by atoms with Gasteiger partial charge in [-0.1, -0.05) is 0 Å². The number of nitrogens with zero attached hydrogens (tertiary/aromatic N) is 4. The maximum atomic E-state index is 9.95. The molecule has 20 heavy (non-hydrogen) atoms. The Kier molecular flexibility index (Phi) is 4.41. The zero-order chi connectivity index (χ0) is 13.6. The largest absolute Gasteiger partial charge is 0.394 e. The normalized spacial score (nSPS) is 29.6. The molecule has 5 N–H and O–H groups in total. The summed E-state index contributed by atoms with van der Waals surface area (Å²) in [6, 6.07) is 0. The van der Waals surface area contributed by atoms with E-state index in [2.05, 4.69) is 15.0 Å². The minimum atomic E-state index is -1.19. The highest BCUT2D eigenvalue weighted by Gasteiger charge is 2.43. The van der Waals surface area contributed by atoms with E-state index in [1.807, 2.05) is 0 Å². The standard InChI is InChI=1S/C10H13N5O4.Mg.2H/c11-8-5-9(13-2-12-8)15(3-14-5)10-7(18)6(17)4(1-16)19-10;;;/h2-4,6-7,10,16-18H,1H2,(H2,11,12,13);;;/t4-,6-,7-,10-;;;/m1.../s1. The Bertz CT molecular complexity index is 608. The van der Waals surface area contributed by atoms with Crippen molar-refractivity contribution in [2.75, 3.05) is 12.3 Å². The van der Waals surface area contributed by atoms with Crippen molar-refractivity contribution in [3.8, 4) is 0 Å². The van der Waals surface area contributed by atoms with E-state index in [0.29, 0.717) is 11.2 Å². The third-order valence-corrected chi connectivity index (χ3v) is 3.18. The summed E-state index contributed by atoms with van der Waals surface area (Å²) in [5, 5.41) is 28.7. The Balaban J connectivity index is 0.00000147. The molecular weight excluding hydrogens is 278 g/mol. The van der Waals surface area contributed by atoms with Crippen molar-refractivity contribution in [3.63, 3.8) is 0 Å². The van der Waals surface area contributed by atoms with E-state index < -0.39 is 31.1 Å². The van der Waals surface area contributed by atoms with Gasteiger partial charge in [-0.25, -0.2) is 15.0 Å². The summed E-state index contributed by atoms with van der Waals surface area (Å²) in [6.45, 7) is -0.390. The number of nitrogen functional groups attached to an aromatic ring is 1. The van der Waals surface area contributed by atoms with Gasteiger partial charge in [0.1, 0.15) is 30.2 Å². The Morgan fingerprint density at radius 3 is 2.65 bits per heavy atom. The minimum absolute atomic E-state index is 0. The number of nitrogens with two attached hydrogens (primary N) is 1. The van der Waals surface area contributed by atoms with Gasteiger partial charge in [0.05, 0.1) is 12.9 Å². The van der Waals surface area contributed by atoms with Crippen LogP contribution in [0.25, 0.3) is 11.2 Å². The number of aliphatic hydroxyl groups excluding tert-OH is 3. The molecule has 1 saturated heterocycles. The molecule has 4 atom stereocenters. The smallest absolute Gasteiger partial charge is 0.316 e. The van der Waals surface area contributed by atoms with Crippen molar-refractivity contribution in [1.82, 2.24) is 19.5 Å². The number of aromatic nitrogens is 4. The Labute approximate surface area is 129 Å². The van der Waals surface area contributed by atoms with Gasteiger partial charge in [-0.2, -0.15) is 0 Å². The van der Waals surface area contributed by atoms with Gasteiger partial charge in [-0.3, -0.25) is 4.57 Å². The number of hydrogen-bond donors (Lipinski definition) is 4. The number of imidazole rings is 1. The van der Waals surface area contributed by atoms with Crippen LogP contribution in [0.3, 0.4) is 0 Å². The molecule has 3 rings (SSSR count). The quantitative estimate of drug-likeness (QED) is 0.432. The van der Waals surface area contributed by atoms with Gasteiger partial charge in [0.2, 0.25) is 0 Å². The van der Waals surface area contributed by atoms with E-state index in [0.717, 1.165) is 0 Å². The molecule has 0 bridgehead atoms. The van der Waals surface area contributed by atoms with Crippen molar-refractivity contribution in [1.29, 1.82) is 0 Å². The van der Waals surface area contributed by atoms with Crippen molar-refractivity contribution < 1.29 is 20.1 Å². The van der Waals surface area contributed by atoms with Crippen LogP contribution in [0.1, 0.15) is 6.23 Å². The van der Waals surface area contributed by atoms with E-state index in [9.17, 15) is 10.2 Å². The second-order valence-electron chi connectivity index (χ2n) is 4.31. The molecule has 0 spiro atoms. The summed E-state index contributed by atoms with van der Waals surface area (Å²) < 4.78 is 6.85. The summed E-state index contributed by atoms with van der Waals surface area (Å²) in [5.41, 5.74) is 6.44. The zero-order valence-corrected chi connectivity index (χ0v) is 9.79. The second-order valence-corrected chi connectivity index (χ2v) is 4.31. The fourth-order valence-corrected chi connectivity index (χ4v) is 2.17. The van der Waals surface area contributed by atoms with Crippen LogP contribution in [0.5, 0.6) is 0 Å². The van der Waals surface area contributed by atoms with Crippen molar-refractivity contribution in [3.05, 3.63) is 12.7 Å². The van der Waals surface area contributed by atoms with Crippen LogP contribution in [0.2, 0.25) is 0 Å². The third-order valence-electron chi connectivity index (χ3n) is 3.18. The fourth-order valence-electron chi connectivity index (χ4n) is 2.17. The van der Waals surface area contributed by atoms with Crippen LogP contribution in [-0.2, 0) is 4.74 Å². The lowest BCUT2D eigenvalue weighted by Crippen LogP contribution is -2.33. The predicted molar refractivity (Wildman–Crippen MR) is 71.3 cm³/mol. The maximum absolute atomic E-state index is 9.95. The number of anilines is 1. The minimum Gasteiger partial charge on any atom is -0.394 e. The highest BCUT2D eigenvalue weighted by molar-refractivity contribution is 5.81. The van der Waals surface area contributed by atoms with Crippen LogP contribution in [0.15, 0.2) is 12.7 Å². The first-order valence-corrected chi connectivity index (χ1v) is 5.69. The van der Waals surface area contributed by atoms with Gasteiger partial charge in [-0.15, -0.1) is 0 Å². The molecule has 1 aliphatic heterocycles. The topological polar surface area (TPSA) is 140 Å². The number of hydrogen-bond acceptors (Lipinski definition) is 8. The van der Waals surface area contributed by atoms with E-state index in [1.165, 1.54) is 17.2 Å². The van der Waals surface area contributed by atoms with Crippen LogP contribution in [-0.4, -0.2) is 82.8 Å². The molecule has 1 aliphatic rings. The van der Waals surface area contributed by atoms with Crippen LogP contribution in [0, 0.1) is 0 Å². The highest BCUT2D eigenvalue weighted by Crippen LogP contribution is 2.31. The van der Waals surface area contributed by atoms with Crippen LogP contribution < -0.4 is 5.73 Å². The molecule has 2 aromatic rings. The van der Waals surface area contributed by atoms with E-state index in [1.54, 1.807) is 0 Å². The molecule has 0 saturated carbocycles. The van der Waals surface area contributed by atoms with Crippen LogP contribution >= 0.6 is 0 Å². The highest BCUT2D eigenvalue weighted by atomic mass is 24.3. The summed E-state index contributed by atoms with van der Waals surface area (Å²) >= 11 is 0. The molecule has 106 valence electrons. The average Bonchev–Trinajstić information content (AvgIpc) is 2.94. The van der Waals surface area contributed by atoms with Crippen molar-refractivity contribution >= 4 is 40.0 Å². The number of ether oxygens (including phenoxy) is 1. The van der Waals surface area contributed by atoms with Gasteiger partial charge in [0, 0.05) is 0 Å². The molecular formula is C10H15MgN5O4. The Morgan fingerprint density at radius 1 is 1.25 bits per heavy atom. The molecule has 0 amide bonds. The lowest BCUT2D eigenvalue weighted by atomic mass is 10.1. The van der Waals surface area contributed by atoms with Gasteiger partial charge < -0.3 is 25.8 Å². The molecule has 0 unspecified atom stereocenters. The molecule has 1 fully saturated rings. The zero-order valence-electron chi connectivity index (χ0n) is 9.79. The lowest BCUT2D eigenvalue weighted by Gasteiger charge is -2.16. The molecule has 0 radical (unpaired) electrons. The summed E-state index contributed by atoms with van der Waals surface area (Å²) in [5.74, 6) is 0.218. The van der Waals surface area contributed by atoms with E-state index in [4.69, 9.17) is 15.6 Å². The lowest BCUT2D eigenvalue weighted by molar-refractivity contribution is -0.0511. The molecule has 9 nitrogen and oxygen atoms in total. The number of aliphatic hydroxyl groups is 3. The second kappa shape index (κ2) is 5.75. The summed E-state index contributed by atoms with van der Waals surface area (Å²) in [6.07, 6.45) is -1.42. The first-order valence-electron chi connectivity index (χ1n) is 5.69. The van der Waals surface area contributed by atoms with Gasteiger partial charge in [-0.05, 0) is 0 Å². The molecule has 10 heteroatoms. The third kappa shape index (κ3) is 2.23. The first-order chi connectivity index (χ1) is 9.13. The van der Waals surface area contributed by atoms with E-state index in [-0.39, 0.29) is 28.9 Å². The average molecular weight is 294 g/mol. The first kappa shape index (κ1) is 15.3. The van der Waals surface area contributed by atoms with Crippen molar-refractivity contribution in [2.24, 2.45) is 0 Å². The monoisotopic (exact) mass is 293 g/mol. The van der Waals surface area contributed by atoms with Gasteiger partial charge in [0.25, 0.3) is 0 Å². The van der Waals surface area contributed by atoms with E-state index >= 15 is 0 Å². The fraction of sp³-hybridized carbons (Fsp3) is 0.500. The summed E-state index contributed by atoms with van der Waals surface area (Å²) in [4.78, 5) is 11.9.